The number of nitrogens with zero attached hydrogens (tertiary/aromatic N) is 3. The first-order valence-electron chi connectivity index (χ1n) is 10.2. The van der Waals surface area contributed by atoms with Gasteiger partial charge in [0.2, 0.25) is 15.9 Å². The van der Waals surface area contributed by atoms with Crippen molar-refractivity contribution in [2.75, 3.05) is 12.4 Å². The fourth-order valence-corrected chi connectivity index (χ4v) is 5.80. The lowest BCUT2D eigenvalue weighted by molar-refractivity contribution is 0.102. The third-order valence-electron chi connectivity index (χ3n) is 5.48. The van der Waals surface area contributed by atoms with Crippen molar-refractivity contribution in [3.8, 4) is 0 Å². The van der Waals surface area contributed by atoms with Gasteiger partial charge in [0.05, 0.1) is 11.3 Å². The van der Waals surface area contributed by atoms with Crippen molar-refractivity contribution < 1.29 is 17.6 Å². The number of nitrogens with one attached hydrogen (secondary N) is 1. The second kappa shape index (κ2) is 9.29. The van der Waals surface area contributed by atoms with Gasteiger partial charge in [-0.25, -0.2) is 8.42 Å². The Bertz CT molecular complexity index is 1120. The monoisotopic (exact) mass is 460 g/mol. The third kappa shape index (κ3) is 5.03. The number of hydrogen-bond donors (Lipinski definition) is 1. The van der Waals surface area contributed by atoms with E-state index in [1.165, 1.54) is 28.6 Å². The van der Waals surface area contributed by atoms with Gasteiger partial charge in [0, 0.05) is 23.5 Å². The topological polar surface area (TPSA) is 105 Å². The molecule has 2 aromatic heterocycles. The Hall–Kier alpha value is -2.56. The number of hydrogen-bond acceptors (Lipinski definition) is 7. The van der Waals surface area contributed by atoms with Crippen molar-refractivity contribution in [2.45, 2.75) is 49.5 Å². The van der Waals surface area contributed by atoms with Crippen LogP contribution in [-0.2, 0) is 16.4 Å². The van der Waals surface area contributed by atoms with Crippen LogP contribution >= 0.6 is 11.3 Å². The zero-order valence-corrected chi connectivity index (χ0v) is 18.8. The van der Waals surface area contributed by atoms with Crippen LogP contribution in [0.1, 0.15) is 53.2 Å². The molecule has 164 valence electrons. The van der Waals surface area contributed by atoms with E-state index in [1.807, 2.05) is 17.5 Å². The van der Waals surface area contributed by atoms with Gasteiger partial charge in [-0.3, -0.25) is 10.1 Å². The van der Waals surface area contributed by atoms with Crippen molar-refractivity contribution in [1.82, 2.24) is 14.5 Å². The van der Waals surface area contributed by atoms with E-state index in [0.717, 1.165) is 37.0 Å². The van der Waals surface area contributed by atoms with Gasteiger partial charge in [-0.05, 0) is 48.6 Å². The minimum atomic E-state index is -3.60. The number of rotatable bonds is 7. The van der Waals surface area contributed by atoms with Gasteiger partial charge in [-0.15, -0.1) is 16.4 Å². The van der Waals surface area contributed by atoms with Crippen LogP contribution in [-0.4, -0.2) is 41.9 Å². The predicted molar refractivity (Wildman–Crippen MR) is 118 cm³/mol. The Morgan fingerprint density at radius 1 is 1.16 bits per heavy atom. The molecule has 4 rings (SSSR count). The molecule has 0 saturated heterocycles. The standard InChI is InChI=1S/C21H24N4O4S2/c1-25(16-6-3-2-4-7-16)31(27,28)18-11-9-15(10-12-18)20(26)22-21-24-23-19(29-21)14-17-8-5-13-30-17/h5,8-13,16H,2-4,6-7,14H2,1H3,(H,22,24,26). The maximum atomic E-state index is 12.9. The quantitative estimate of drug-likeness (QED) is 0.573. The van der Waals surface area contributed by atoms with E-state index in [4.69, 9.17) is 4.42 Å². The van der Waals surface area contributed by atoms with Gasteiger partial charge in [0.25, 0.3) is 5.91 Å². The number of thiophene rings is 1. The second-order valence-electron chi connectivity index (χ2n) is 7.55. The smallest absolute Gasteiger partial charge is 0.322 e. The van der Waals surface area contributed by atoms with Crippen molar-refractivity contribution >= 4 is 33.3 Å². The number of carbonyl (C=O) groups excluding carboxylic acids is 1. The highest BCUT2D eigenvalue weighted by atomic mass is 32.2. The molecule has 1 saturated carbocycles. The molecule has 1 aliphatic carbocycles. The summed E-state index contributed by atoms with van der Waals surface area (Å²) in [6.45, 7) is 0. The molecule has 0 spiro atoms. The van der Waals surface area contributed by atoms with Gasteiger partial charge in [0.1, 0.15) is 0 Å². The summed E-state index contributed by atoms with van der Waals surface area (Å²) in [5, 5.41) is 12.3. The molecule has 2 heterocycles. The average Bonchev–Trinajstić information content (AvgIpc) is 3.46. The Morgan fingerprint density at radius 2 is 1.90 bits per heavy atom. The van der Waals surface area contributed by atoms with Gasteiger partial charge in [0.15, 0.2) is 0 Å². The van der Waals surface area contributed by atoms with Gasteiger partial charge in [-0.2, -0.15) is 4.31 Å². The zero-order valence-electron chi connectivity index (χ0n) is 17.2. The molecule has 1 fully saturated rings. The van der Waals surface area contributed by atoms with Crippen molar-refractivity contribution in [2.24, 2.45) is 0 Å². The Morgan fingerprint density at radius 3 is 2.58 bits per heavy atom. The average molecular weight is 461 g/mol. The number of carbonyl (C=O) groups is 1. The second-order valence-corrected chi connectivity index (χ2v) is 10.6. The summed E-state index contributed by atoms with van der Waals surface area (Å²) in [6, 6.07) is 9.83. The molecular weight excluding hydrogens is 436 g/mol. The molecule has 0 radical (unpaired) electrons. The molecule has 31 heavy (non-hydrogen) atoms. The number of amides is 1. The molecule has 8 nitrogen and oxygen atoms in total. The molecule has 0 unspecified atom stereocenters. The fourth-order valence-electron chi connectivity index (χ4n) is 3.69. The summed E-state index contributed by atoms with van der Waals surface area (Å²) >= 11 is 1.58. The van der Waals surface area contributed by atoms with E-state index >= 15 is 0 Å². The van der Waals surface area contributed by atoms with E-state index in [0.29, 0.717) is 17.9 Å². The van der Waals surface area contributed by atoms with E-state index in [2.05, 4.69) is 15.5 Å². The first kappa shape index (κ1) is 21.7. The molecule has 0 aliphatic heterocycles. The number of benzene rings is 1. The highest BCUT2D eigenvalue weighted by molar-refractivity contribution is 7.89. The first-order chi connectivity index (χ1) is 14.9. The van der Waals surface area contributed by atoms with Crippen LogP contribution in [0.2, 0.25) is 0 Å². The summed E-state index contributed by atoms with van der Waals surface area (Å²) in [5.41, 5.74) is 0.303. The van der Waals surface area contributed by atoms with Crippen LogP contribution < -0.4 is 5.32 Å². The molecular formula is C21H24N4O4S2. The van der Waals surface area contributed by atoms with Crippen molar-refractivity contribution in [3.63, 3.8) is 0 Å². The van der Waals surface area contributed by atoms with Crippen LogP contribution in [0.3, 0.4) is 0 Å². The largest absolute Gasteiger partial charge is 0.407 e. The van der Waals surface area contributed by atoms with Crippen molar-refractivity contribution in [1.29, 1.82) is 0 Å². The summed E-state index contributed by atoms with van der Waals surface area (Å²) in [6.07, 6.45) is 5.53. The molecule has 1 aromatic carbocycles. The maximum Gasteiger partial charge on any atom is 0.322 e. The van der Waals surface area contributed by atoms with Crippen LogP contribution in [0, 0.1) is 0 Å². The van der Waals surface area contributed by atoms with Crippen molar-refractivity contribution in [3.05, 3.63) is 58.1 Å². The highest BCUT2D eigenvalue weighted by Gasteiger charge is 2.29. The summed E-state index contributed by atoms with van der Waals surface area (Å²) in [4.78, 5) is 13.7. The molecule has 10 heteroatoms. The lowest BCUT2D eigenvalue weighted by Crippen LogP contribution is -2.38. The van der Waals surface area contributed by atoms with Crippen LogP contribution in [0.4, 0.5) is 6.01 Å². The van der Waals surface area contributed by atoms with E-state index in [9.17, 15) is 13.2 Å². The van der Waals surface area contributed by atoms with E-state index < -0.39 is 15.9 Å². The fraction of sp³-hybridized carbons (Fsp3) is 0.381. The Kier molecular flexibility index (Phi) is 6.49. The molecule has 0 bridgehead atoms. The number of aromatic nitrogens is 2. The minimum Gasteiger partial charge on any atom is -0.407 e. The SMILES string of the molecule is CN(C1CCCCC1)S(=O)(=O)c1ccc(C(=O)Nc2nnc(Cc3cccs3)o2)cc1. The number of sulfonamides is 1. The zero-order chi connectivity index (χ0) is 21.8. The van der Waals surface area contributed by atoms with Gasteiger partial charge >= 0.3 is 6.01 Å². The van der Waals surface area contributed by atoms with E-state index in [1.54, 1.807) is 18.4 Å². The molecule has 0 atom stereocenters. The van der Waals surface area contributed by atoms with Crippen LogP contribution in [0.15, 0.2) is 51.1 Å². The predicted octanol–water partition coefficient (Wildman–Crippen LogP) is 3.93. The normalized spacial score (nSPS) is 15.3. The summed E-state index contributed by atoms with van der Waals surface area (Å²) in [5.74, 6) is -0.0409. The highest BCUT2D eigenvalue weighted by Crippen LogP contribution is 2.26. The number of anilines is 1. The minimum absolute atomic E-state index is 0.00489. The van der Waals surface area contributed by atoms with Crippen LogP contribution in [0.5, 0.6) is 0 Å². The van der Waals surface area contributed by atoms with E-state index in [-0.39, 0.29) is 17.0 Å². The molecule has 1 aliphatic rings. The molecule has 3 aromatic rings. The Labute approximate surface area is 185 Å². The molecule has 1 amide bonds. The molecule has 1 N–H and O–H groups in total. The lowest BCUT2D eigenvalue weighted by Gasteiger charge is -2.30. The summed E-state index contributed by atoms with van der Waals surface area (Å²) in [7, 11) is -1.97. The first-order valence-corrected chi connectivity index (χ1v) is 12.5. The Balaban J connectivity index is 1.40. The van der Waals surface area contributed by atoms with Gasteiger partial charge < -0.3 is 4.42 Å². The maximum absolute atomic E-state index is 12.9. The van der Waals surface area contributed by atoms with Crippen LogP contribution in [0.25, 0.3) is 0 Å². The lowest BCUT2D eigenvalue weighted by atomic mass is 9.96. The summed E-state index contributed by atoms with van der Waals surface area (Å²) < 4.78 is 32.8. The third-order valence-corrected chi connectivity index (χ3v) is 8.28. The van der Waals surface area contributed by atoms with Gasteiger partial charge in [-0.1, -0.05) is 30.4 Å².